The van der Waals surface area contributed by atoms with Gasteiger partial charge < -0.3 is 9.73 Å². The Morgan fingerprint density at radius 2 is 1.76 bits per heavy atom. The normalized spacial score (nSPS) is 13.1. The minimum Gasteiger partial charge on any atom is -0.441 e. The van der Waals surface area contributed by atoms with E-state index in [0.717, 1.165) is 22.4 Å². The van der Waals surface area contributed by atoms with Crippen LogP contribution in [0.3, 0.4) is 0 Å². The molecule has 5 nitrogen and oxygen atoms in total. The summed E-state index contributed by atoms with van der Waals surface area (Å²) in [5.41, 5.74) is 3.18. The number of rotatable bonds is 7. The van der Waals surface area contributed by atoms with Crippen LogP contribution in [0.1, 0.15) is 47.6 Å². The fourth-order valence-corrected chi connectivity index (χ4v) is 3.88. The van der Waals surface area contributed by atoms with Crippen LogP contribution >= 0.6 is 0 Å². The average Bonchev–Trinajstić information content (AvgIpc) is 3.08. The van der Waals surface area contributed by atoms with Crippen molar-refractivity contribution < 1.29 is 13.4 Å². The van der Waals surface area contributed by atoms with E-state index in [9.17, 15) is 9.00 Å². The molecule has 0 aliphatic rings. The van der Waals surface area contributed by atoms with Gasteiger partial charge in [0, 0.05) is 22.1 Å². The second kappa shape index (κ2) is 9.18. The summed E-state index contributed by atoms with van der Waals surface area (Å²) in [6.07, 6.45) is 0.881. The van der Waals surface area contributed by atoms with Gasteiger partial charge in [-0.25, -0.2) is 4.98 Å². The summed E-state index contributed by atoms with van der Waals surface area (Å²) in [6, 6.07) is 15.0. The Morgan fingerprint density at radius 1 is 1.10 bits per heavy atom. The molecule has 0 bridgehead atoms. The lowest BCUT2D eigenvalue weighted by atomic mass is 10.1. The molecular weight excluding hydrogens is 384 g/mol. The molecule has 3 rings (SSSR count). The van der Waals surface area contributed by atoms with Crippen molar-refractivity contribution in [3.63, 3.8) is 0 Å². The van der Waals surface area contributed by atoms with Gasteiger partial charge in [0.15, 0.2) is 0 Å². The number of carbonyl (C=O) groups excluding carboxylic acids is 1. The molecule has 3 aromatic rings. The largest absolute Gasteiger partial charge is 0.441 e. The van der Waals surface area contributed by atoms with Crippen molar-refractivity contribution in [1.29, 1.82) is 0 Å². The molecule has 2 aromatic carbocycles. The fourth-order valence-electron chi connectivity index (χ4n) is 2.76. The van der Waals surface area contributed by atoms with Crippen LogP contribution in [-0.2, 0) is 16.6 Å². The first-order chi connectivity index (χ1) is 13.9. The number of amides is 1. The van der Waals surface area contributed by atoms with E-state index in [1.807, 2.05) is 64.1 Å². The van der Waals surface area contributed by atoms with Crippen LogP contribution in [0, 0.1) is 13.8 Å². The minimum atomic E-state index is -1.19. The van der Waals surface area contributed by atoms with Crippen molar-refractivity contribution in [2.24, 2.45) is 0 Å². The van der Waals surface area contributed by atoms with E-state index in [4.69, 9.17) is 4.42 Å². The van der Waals surface area contributed by atoms with Gasteiger partial charge >= 0.3 is 0 Å². The van der Waals surface area contributed by atoms with E-state index >= 15 is 0 Å². The Balaban J connectivity index is 1.73. The molecule has 6 heteroatoms. The first-order valence-electron chi connectivity index (χ1n) is 9.70. The topological polar surface area (TPSA) is 72.2 Å². The summed E-state index contributed by atoms with van der Waals surface area (Å²) in [5, 5.41) is 2.95. The summed E-state index contributed by atoms with van der Waals surface area (Å²) in [7, 11) is -1.19. The molecule has 0 spiro atoms. The quantitative estimate of drug-likeness (QED) is 0.608. The molecule has 2 unspecified atom stereocenters. The SMILES string of the molecule is CCC(C)NC(=O)c1ccc(-c2nc(CS(=O)c3ccc(C)cc3)c(C)o2)cc1. The first kappa shape index (κ1) is 21.0. The zero-order valence-corrected chi connectivity index (χ0v) is 18.0. The molecule has 0 aliphatic heterocycles. The lowest BCUT2D eigenvalue weighted by molar-refractivity contribution is 0.0939. The van der Waals surface area contributed by atoms with Crippen LogP contribution in [0.15, 0.2) is 57.8 Å². The number of aryl methyl sites for hydroxylation is 2. The third-order valence-electron chi connectivity index (χ3n) is 4.83. The van der Waals surface area contributed by atoms with Crippen LogP contribution in [-0.4, -0.2) is 21.1 Å². The fraction of sp³-hybridized carbons (Fsp3) is 0.304. The monoisotopic (exact) mass is 410 g/mol. The summed E-state index contributed by atoms with van der Waals surface area (Å²) in [6.45, 7) is 7.83. The molecular formula is C23H26N2O3S. The predicted molar refractivity (Wildman–Crippen MR) is 115 cm³/mol. The molecule has 1 amide bonds. The van der Waals surface area contributed by atoms with E-state index in [1.165, 1.54) is 0 Å². The smallest absolute Gasteiger partial charge is 0.251 e. The number of carbonyl (C=O) groups is 1. The first-order valence-corrected chi connectivity index (χ1v) is 11.0. The third kappa shape index (κ3) is 5.21. The highest BCUT2D eigenvalue weighted by Crippen LogP contribution is 2.24. The van der Waals surface area contributed by atoms with Crippen LogP contribution in [0.25, 0.3) is 11.5 Å². The van der Waals surface area contributed by atoms with Gasteiger partial charge in [0.05, 0.1) is 22.2 Å². The van der Waals surface area contributed by atoms with Crippen molar-refractivity contribution in [1.82, 2.24) is 10.3 Å². The molecule has 1 heterocycles. The zero-order chi connectivity index (χ0) is 21.0. The van der Waals surface area contributed by atoms with Gasteiger partial charge in [0.25, 0.3) is 5.91 Å². The molecule has 0 aliphatic carbocycles. The van der Waals surface area contributed by atoms with Crippen molar-refractivity contribution in [2.75, 3.05) is 0 Å². The Bertz CT molecular complexity index is 1010. The number of hydrogen-bond donors (Lipinski definition) is 1. The number of benzene rings is 2. The Hall–Kier alpha value is -2.73. The van der Waals surface area contributed by atoms with E-state index in [-0.39, 0.29) is 11.9 Å². The van der Waals surface area contributed by atoms with Crippen molar-refractivity contribution >= 4 is 16.7 Å². The number of nitrogens with one attached hydrogen (secondary N) is 1. The van der Waals surface area contributed by atoms with Crippen molar-refractivity contribution in [3.8, 4) is 11.5 Å². The van der Waals surface area contributed by atoms with Gasteiger partial charge in [-0.2, -0.15) is 0 Å². The van der Waals surface area contributed by atoms with E-state index in [0.29, 0.717) is 28.7 Å². The Kier molecular flexibility index (Phi) is 6.64. The molecule has 29 heavy (non-hydrogen) atoms. The molecule has 1 aromatic heterocycles. The second-order valence-corrected chi connectivity index (χ2v) is 8.64. The molecule has 0 fully saturated rings. The molecule has 0 saturated carbocycles. The Labute approximate surface area is 174 Å². The summed E-state index contributed by atoms with van der Waals surface area (Å²) in [5.74, 6) is 1.32. The molecule has 0 saturated heterocycles. The third-order valence-corrected chi connectivity index (χ3v) is 6.16. The molecule has 0 radical (unpaired) electrons. The lowest BCUT2D eigenvalue weighted by Crippen LogP contribution is -2.31. The summed E-state index contributed by atoms with van der Waals surface area (Å²) in [4.78, 5) is 17.5. The van der Waals surface area contributed by atoms with Gasteiger partial charge in [-0.3, -0.25) is 9.00 Å². The van der Waals surface area contributed by atoms with Gasteiger partial charge in [-0.05, 0) is 63.6 Å². The summed E-state index contributed by atoms with van der Waals surface area (Å²) >= 11 is 0. The van der Waals surface area contributed by atoms with Gasteiger partial charge in [-0.1, -0.05) is 24.6 Å². The number of nitrogens with zero attached hydrogens (tertiary/aromatic N) is 1. The minimum absolute atomic E-state index is 0.0938. The highest BCUT2D eigenvalue weighted by atomic mass is 32.2. The van der Waals surface area contributed by atoms with Crippen LogP contribution in [0.5, 0.6) is 0 Å². The summed E-state index contributed by atoms with van der Waals surface area (Å²) < 4.78 is 18.4. The van der Waals surface area contributed by atoms with E-state index < -0.39 is 10.8 Å². The van der Waals surface area contributed by atoms with E-state index in [2.05, 4.69) is 10.3 Å². The molecule has 1 N–H and O–H groups in total. The van der Waals surface area contributed by atoms with Crippen molar-refractivity contribution in [2.45, 2.75) is 50.8 Å². The van der Waals surface area contributed by atoms with Crippen LogP contribution < -0.4 is 5.32 Å². The number of hydrogen-bond acceptors (Lipinski definition) is 4. The van der Waals surface area contributed by atoms with Gasteiger partial charge in [-0.15, -0.1) is 0 Å². The molecule has 2 atom stereocenters. The maximum absolute atomic E-state index is 12.6. The molecule has 152 valence electrons. The highest BCUT2D eigenvalue weighted by molar-refractivity contribution is 7.84. The number of oxazole rings is 1. The zero-order valence-electron chi connectivity index (χ0n) is 17.2. The predicted octanol–water partition coefficient (Wildman–Crippen LogP) is 4.79. The standard InChI is InChI=1S/C23H26N2O3S/c1-5-16(3)24-22(26)18-8-10-19(11-9-18)23-25-21(17(4)28-23)14-29(27)20-12-6-15(2)7-13-20/h6-13,16H,5,14H2,1-4H3,(H,24,26). The maximum atomic E-state index is 12.6. The van der Waals surface area contributed by atoms with Gasteiger partial charge in [0.1, 0.15) is 5.76 Å². The average molecular weight is 411 g/mol. The van der Waals surface area contributed by atoms with Crippen molar-refractivity contribution in [3.05, 3.63) is 71.1 Å². The van der Waals surface area contributed by atoms with Gasteiger partial charge in [0.2, 0.25) is 5.89 Å². The maximum Gasteiger partial charge on any atom is 0.251 e. The lowest BCUT2D eigenvalue weighted by Gasteiger charge is -2.11. The highest BCUT2D eigenvalue weighted by Gasteiger charge is 2.16. The second-order valence-electron chi connectivity index (χ2n) is 7.18. The van der Waals surface area contributed by atoms with Crippen LogP contribution in [0.4, 0.5) is 0 Å². The number of aromatic nitrogens is 1. The van der Waals surface area contributed by atoms with Crippen LogP contribution in [0.2, 0.25) is 0 Å². The Morgan fingerprint density at radius 3 is 2.38 bits per heavy atom. The van der Waals surface area contributed by atoms with E-state index in [1.54, 1.807) is 12.1 Å².